The monoisotopic (exact) mass is 340 g/mol. The molecule has 4 heteroatoms. The second-order valence-corrected chi connectivity index (χ2v) is 6.99. The number of carbonyl (C=O) groups is 1. The first-order valence-corrected chi connectivity index (χ1v) is 9.12. The van der Waals surface area contributed by atoms with Gasteiger partial charge in [-0.05, 0) is 49.4 Å². The van der Waals surface area contributed by atoms with Gasteiger partial charge in [-0.1, -0.05) is 37.5 Å². The summed E-state index contributed by atoms with van der Waals surface area (Å²) in [6, 6.07) is 10.3. The lowest BCUT2D eigenvalue weighted by atomic mass is 9.84. The minimum atomic E-state index is -0.278. The number of amides is 1. The Morgan fingerprint density at radius 1 is 1.24 bits per heavy atom. The zero-order chi connectivity index (χ0) is 17.6. The Morgan fingerprint density at radius 3 is 2.72 bits per heavy atom. The number of pyridine rings is 1. The molecule has 2 aromatic rings. The van der Waals surface area contributed by atoms with E-state index in [1.807, 2.05) is 18.2 Å². The summed E-state index contributed by atoms with van der Waals surface area (Å²) < 4.78 is 13.3. The molecule has 1 aliphatic carbocycles. The molecule has 1 atom stereocenters. The maximum atomic E-state index is 13.3. The normalized spacial score (nSPS) is 16.4. The van der Waals surface area contributed by atoms with Crippen LogP contribution in [0.1, 0.15) is 44.6 Å². The molecule has 0 saturated heterocycles. The van der Waals surface area contributed by atoms with E-state index in [-0.39, 0.29) is 17.8 Å². The largest absolute Gasteiger partial charge is 0.353 e. The van der Waals surface area contributed by atoms with Crippen LogP contribution in [0.3, 0.4) is 0 Å². The molecule has 1 fully saturated rings. The van der Waals surface area contributed by atoms with Gasteiger partial charge in [0, 0.05) is 17.8 Å². The molecular formula is C21H25FN2O. The van der Waals surface area contributed by atoms with Crippen LogP contribution >= 0.6 is 0 Å². The van der Waals surface area contributed by atoms with Crippen molar-refractivity contribution in [1.82, 2.24) is 10.3 Å². The van der Waals surface area contributed by atoms with Crippen molar-refractivity contribution in [2.75, 3.05) is 0 Å². The number of aromatic nitrogens is 1. The highest BCUT2D eigenvalue weighted by Gasteiger charge is 2.21. The summed E-state index contributed by atoms with van der Waals surface area (Å²) >= 11 is 0. The quantitative estimate of drug-likeness (QED) is 0.870. The SMILES string of the molecule is C[C@H](NC(=O)Cc1ccc(-c2cccc(F)c2)nc1)C1CCCCC1. The fraction of sp³-hybridized carbons (Fsp3) is 0.429. The smallest absolute Gasteiger partial charge is 0.224 e. The van der Waals surface area contributed by atoms with E-state index in [0.717, 1.165) is 11.1 Å². The van der Waals surface area contributed by atoms with Crippen molar-refractivity contribution >= 4 is 5.91 Å². The molecule has 1 saturated carbocycles. The summed E-state index contributed by atoms with van der Waals surface area (Å²) in [5, 5.41) is 3.14. The van der Waals surface area contributed by atoms with E-state index in [1.54, 1.807) is 12.3 Å². The molecule has 1 aliphatic rings. The molecule has 3 nitrogen and oxygen atoms in total. The van der Waals surface area contributed by atoms with Gasteiger partial charge in [-0.15, -0.1) is 0 Å². The van der Waals surface area contributed by atoms with Gasteiger partial charge in [-0.25, -0.2) is 4.39 Å². The molecule has 1 N–H and O–H groups in total. The summed E-state index contributed by atoms with van der Waals surface area (Å²) in [5.74, 6) is 0.365. The highest BCUT2D eigenvalue weighted by molar-refractivity contribution is 5.78. The number of halogens is 1. The summed E-state index contributed by atoms with van der Waals surface area (Å²) in [7, 11) is 0. The first-order chi connectivity index (χ1) is 12.1. The fourth-order valence-corrected chi connectivity index (χ4v) is 3.59. The van der Waals surface area contributed by atoms with Gasteiger partial charge < -0.3 is 5.32 Å². The van der Waals surface area contributed by atoms with Crippen LogP contribution in [0.2, 0.25) is 0 Å². The van der Waals surface area contributed by atoms with Crippen molar-refractivity contribution in [3.05, 3.63) is 54.0 Å². The molecule has 1 aromatic heterocycles. The van der Waals surface area contributed by atoms with Crippen molar-refractivity contribution in [3.63, 3.8) is 0 Å². The van der Waals surface area contributed by atoms with Gasteiger partial charge in [-0.2, -0.15) is 0 Å². The topological polar surface area (TPSA) is 42.0 Å². The molecule has 0 spiro atoms. The van der Waals surface area contributed by atoms with Crippen molar-refractivity contribution in [3.8, 4) is 11.3 Å². The van der Waals surface area contributed by atoms with E-state index in [9.17, 15) is 9.18 Å². The van der Waals surface area contributed by atoms with E-state index in [2.05, 4.69) is 17.2 Å². The third-order valence-corrected chi connectivity index (χ3v) is 5.06. The van der Waals surface area contributed by atoms with Gasteiger partial charge in [0.05, 0.1) is 12.1 Å². The molecule has 0 radical (unpaired) electrons. The molecule has 1 amide bonds. The zero-order valence-corrected chi connectivity index (χ0v) is 14.7. The van der Waals surface area contributed by atoms with Crippen molar-refractivity contribution in [1.29, 1.82) is 0 Å². The van der Waals surface area contributed by atoms with Crippen LogP contribution in [-0.2, 0) is 11.2 Å². The highest BCUT2D eigenvalue weighted by atomic mass is 19.1. The average Bonchev–Trinajstić information content (AvgIpc) is 2.63. The van der Waals surface area contributed by atoms with E-state index >= 15 is 0 Å². The lowest BCUT2D eigenvalue weighted by molar-refractivity contribution is -0.121. The maximum Gasteiger partial charge on any atom is 0.224 e. The van der Waals surface area contributed by atoms with Gasteiger partial charge in [0.15, 0.2) is 0 Å². The van der Waals surface area contributed by atoms with Gasteiger partial charge in [0.25, 0.3) is 0 Å². The van der Waals surface area contributed by atoms with E-state index in [4.69, 9.17) is 0 Å². The molecule has 0 aliphatic heterocycles. The van der Waals surface area contributed by atoms with Crippen LogP contribution in [0.5, 0.6) is 0 Å². The van der Waals surface area contributed by atoms with Crippen molar-refractivity contribution < 1.29 is 9.18 Å². The van der Waals surface area contributed by atoms with E-state index in [0.29, 0.717) is 18.0 Å². The minimum absolute atomic E-state index is 0.0402. The second kappa shape index (κ2) is 8.24. The van der Waals surface area contributed by atoms with Gasteiger partial charge in [-0.3, -0.25) is 9.78 Å². The molecule has 0 bridgehead atoms. The van der Waals surface area contributed by atoms with Gasteiger partial charge >= 0.3 is 0 Å². The number of rotatable bonds is 5. The van der Waals surface area contributed by atoms with E-state index < -0.39 is 0 Å². The molecule has 132 valence electrons. The summed E-state index contributed by atoms with van der Waals surface area (Å²) in [4.78, 5) is 16.6. The highest BCUT2D eigenvalue weighted by Crippen LogP contribution is 2.26. The van der Waals surface area contributed by atoms with Crippen molar-refractivity contribution in [2.24, 2.45) is 5.92 Å². The molecular weight excluding hydrogens is 315 g/mol. The number of nitrogens with one attached hydrogen (secondary N) is 1. The van der Waals surface area contributed by atoms with Gasteiger partial charge in [0.1, 0.15) is 5.82 Å². The first kappa shape index (κ1) is 17.6. The van der Waals surface area contributed by atoms with Crippen LogP contribution in [0.25, 0.3) is 11.3 Å². The predicted molar refractivity (Wildman–Crippen MR) is 97.5 cm³/mol. The zero-order valence-electron chi connectivity index (χ0n) is 14.7. The number of hydrogen-bond donors (Lipinski definition) is 1. The molecule has 3 rings (SSSR count). The lowest BCUT2D eigenvalue weighted by Gasteiger charge is -2.28. The third kappa shape index (κ3) is 4.88. The summed E-state index contributed by atoms with van der Waals surface area (Å²) in [5.41, 5.74) is 2.31. The van der Waals surface area contributed by atoms with Crippen LogP contribution in [-0.4, -0.2) is 16.9 Å². The first-order valence-electron chi connectivity index (χ1n) is 9.12. The summed E-state index contributed by atoms with van der Waals surface area (Å²) in [6.45, 7) is 2.11. The standard InChI is InChI=1S/C21H25FN2O/c1-15(17-6-3-2-4-7-17)24-21(25)12-16-10-11-20(23-14-16)18-8-5-9-19(22)13-18/h5,8-11,13-15,17H,2-4,6-7,12H2,1H3,(H,24,25)/t15-/m0/s1. The van der Waals surface area contributed by atoms with Crippen LogP contribution < -0.4 is 5.32 Å². The fourth-order valence-electron chi connectivity index (χ4n) is 3.59. The Hall–Kier alpha value is -2.23. The molecule has 0 unspecified atom stereocenters. The molecule has 1 aromatic carbocycles. The Morgan fingerprint density at radius 2 is 2.04 bits per heavy atom. The predicted octanol–water partition coefficient (Wildman–Crippen LogP) is 4.52. The Balaban J connectivity index is 1.56. The number of carbonyl (C=O) groups excluding carboxylic acids is 1. The average molecular weight is 340 g/mol. The Bertz CT molecular complexity index is 708. The summed E-state index contributed by atoms with van der Waals surface area (Å²) in [6.07, 6.45) is 8.32. The van der Waals surface area contributed by atoms with Crippen molar-refractivity contribution in [2.45, 2.75) is 51.5 Å². The van der Waals surface area contributed by atoms with Crippen LogP contribution in [0.4, 0.5) is 4.39 Å². The second-order valence-electron chi connectivity index (χ2n) is 6.99. The molecule has 1 heterocycles. The Kier molecular flexibility index (Phi) is 5.79. The lowest BCUT2D eigenvalue weighted by Crippen LogP contribution is -2.39. The number of benzene rings is 1. The third-order valence-electron chi connectivity index (χ3n) is 5.06. The Labute approximate surface area is 148 Å². The van der Waals surface area contributed by atoms with Crippen LogP contribution in [0, 0.1) is 11.7 Å². The van der Waals surface area contributed by atoms with E-state index in [1.165, 1.54) is 44.2 Å². The van der Waals surface area contributed by atoms with Crippen LogP contribution in [0.15, 0.2) is 42.6 Å². The molecule has 25 heavy (non-hydrogen) atoms. The van der Waals surface area contributed by atoms with Gasteiger partial charge in [0.2, 0.25) is 5.91 Å². The maximum absolute atomic E-state index is 13.3. The minimum Gasteiger partial charge on any atom is -0.353 e. The number of hydrogen-bond acceptors (Lipinski definition) is 2. The number of nitrogens with zero attached hydrogens (tertiary/aromatic N) is 1.